The van der Waals surface area contributed by atoms with E-state index in [1.165, 1.54) is 44.2 Å². The van der Waals surface area contributed by atoms with Crippen LogP contribution < -0.4 is 10.9 Å². The van der Waals surface area contributed by atoms with Crippen LogP contribution in [-0.2, 0) is 15.1 Å². The van der Waals surface area contributed by atoms with E-state index in [-0.39, 0.29) is 17.2 Å². The molecule has 1 aliphatic heterocycles. The van der Waals surface area contributed by atoms with Crippen LogP contribution in [0.25, 0.3) is 10.9 Å². The maximum absolute atomic E-state index is 13.1. The van der Waals surface area contributed by atoms with Crippen LogP contribution in [0.15, 0.2) is 59.4 Å². The number of pyridine rings is 1. The first-order valence-corrected chi connectivity index (χ1v) is 17.8. The zero-order valence-electron chi connectivity index (χ0n) is 27.7. The van der Waals surface area contributed by atoms with E-state index in [1.54, 1.807) is 12.1 Å². The number of carbonyl (C=O) groups excluding carboxylic acids is 1. The molecule has 3 aromatic rings. The summed E-state index contributed by atoms with van der Waals surface area (Å²) in [7, 11) is 0. The van der Waals surface area contributed by atoms with E-state index in [0.29, 0.717) is 41.1 Å². The highest BCUT2D eigenvalue weighted by molar-refractivity contribution is 5.87. The van der Waals surface area contributed by atoms with Gasteiger partial charge in [0, 0.05) is 23.9 Å². The Morgan fingerprint density at radius 1 is 0.936 bits per heavy atom. The van der Waals surface area contributed by atoms with Gasteiger partial charge in [-0.05, 0) is 93.9 Å². The van der Waals surface area contributed by atoms with Crippen molar-refractivity contribution in [3.05, 3.63) is 76.1 Å². The molecule has 2 aliphatic rings. The standard InChI is InChI=1S/C38H53N3O6/c42-33-18-16-31(32-17-19-35(44)40-36(32)33)34(43)26-39-22-9-4-2-1-3-5-10-23-41-24-20-28(21-25-41)27-47-37(45)38(46,30-14-11-15-30)29-12-7-6-8-13-29/h6-8,12-13,16-19,28,30,34,39,42-43,46H,1-5,9-11,14-15,20-27H2,(H,40,44)/t34-,38?/m0/s1. The van der Waals surface area contributed by atoms with Crippen molar-refractivity contribution in [2.24, 2.45) is 11.8 Å². The van der Waals surface area contributed by atoms with Gasteiger partial charge in [0.15, 0.2) is 5.60 Å². The molecular formula is C38H53N3O6. The predicted octanol–water partition coefficient (Wildman–Crippen LogP) is 5.53. The summed E-state index contributed by atoms with van der Waals surface area (Å²) in [6.45, 7) is 4.85. The SMILES string of the molecule is O=C(OCC1CCN(CCCCCCCCCNC[C@H](O)c2ccc(O)c3[nH]c(=O)ccc23)CC1)C(O)(c1ccccc1)C1CCC1. The molecule has 0 radical (unpaired) electrons. The Balaban J connectivity index is 0.874. The minimum atomic E-state index is -1.53. The number of H-pyrrole nitrogens is 1. The van der Waals surface area contributed by atoms with Crippen molar-refractivity contribution >= 4 is 16.9 Å². The van der Waals surface area contributed by atoms with Gasteiger partial charge in [-0.3, -0.25) is 4.79 Å². The van der Waals surface area contributed by atoms with Crippen LogP contribution in [0, 0.1) is 11.8 Å². The zero-order valence-corrected chi connectivity index (χ0v) is 27.7. The average molecular weight is 648 g/mol. The molecule has 1 saturated carbocycles. The maximum Gasteiger partial charge on any atom is 0.343 e. The summed E-state index contributed by atoms with van der Waals surface area (Å²) in [5, 5.41) is 36.2. The molecule has 9 heteroatoms. The Bertz CT molecular complexity index is 1470. The van der Waals surface area contributed by atoms with Crippen molar-refractivity contribution in [1.82, 2.24) is 15.2 Å². The smallest absolute Gasteiger partial charge is 0.343 e. The second-order valence-electron chi connectivity index (χ2n) is 13.6. The van der Waals surface area contributed by atoms with Crippen LogP contribution >= 0.6 is 0 Å². The number of aromatic nitrogens is 1. The van der Waals surface area contributed by atoms with Gasteiger partial charge in [-0.25, -0.2) is 4.79 Å². The number of aliphatic hydroxyl groups is 2. The lowest BCUT2D eigenvalue weighted by atomic mass is 9.69. The molecule has 1 saturated heterocycles. The van der Waals surface area contributed by atoms with E-state index in [0.717, 1.165) is 71.1 Å². The third-order valence-electron chi connectivity index (χ3n) is 10.3. The molecule has 1 unspecified atom stereocenters. The fraction of sp³-hybridized carbons (Fsp3) is 0.579. The van der Waals surface area contributed by atoms with Crippen LogP contribution in [0.1, 0.15) is 94.3 Å². The van der Waals surface area contributed by atoms with E-state index in [1.807, 2.05) is 30.3 Å². The van der Waals surface area contributed by atoms with Crippen LogP contribution in [0.2, 0.25) is 0 Å². The number of piperidine rings is 1. The summed E-state index contributed by atoms with van der Waals surface area (Å²) in [4.78, 5) is 29.9. The highest BCUT2D eigenvalue weighted by Crippen LogP contribution is 2.43. The predicted molar refractivity (Wildman–Crippen MR) is 184 cm³/mol. The van der Waals surface area contributed by atoms with Crippen LogP contribution in [0.5, 0.6) is 5.75 Å². The Morgan fingerprint density at radius 2 is 1.64 bits per heavy atom. The van der Waals surface area contributed by atoms with Gasteiger partial charge in [-0.15, -0.1) is 0 Å². The third-order valence-corrected chi connectivity index (χ3v) is 10.3. The van der Waals surface area contributed by atoms with Crippen molar-refractivity contribution in [3.63, 3.8) is 0 Å². The first kappa shape index (κ1) is 35.1. The summed E-state index contributed by atoms with van der Waals surface area (Å²) in [6.07, 6.45) is 12.5. The van der Waals surface area contributed by atoms with Gasteiger partial charge in [-0.2, -0.15) is 0 Å². The van der Waals surface area contributed by atoms with Gasteiger partial charge in [0.05, 0.1) is 18.2 Å². The number of likely N-dealkylation sites (tertiary alicyclic amines) is 1. The van der Waals surface area contributed by atoms with E-state index in [9.17, 15) is 24.9 Å². The largest absolute Gasteiger partial charge is 0.506 e. The second kappa shape index (κ2) is 17.2. The summed E-state index contributed by atoms with van der Waals surface area (Å²) in [5.74, 6) is -0.186. The van der Waals surface area contributed by atoms with Crippen molar-refractivity contribution < 1.29 is 24.9 Å². The van der Waals surface area contributed by atoms with Gasteiger partial charge < -0.3 is 35.3 Å². The van der Waals surface area contributed by atoms with Crippen LogP contribution in [0.4, 0.5) is 0 Å². The van der Waals surface area contributed by atoms with Crippen molar-refractivity contribution in [2.45, 2.75) is 88.8 Å². The normalized spacial score (nSPS) is 18.1. The summed E-state index contributed by atoms with van der Waals surface area (Å²) >= 11 is 0. The van der Waals surface area contributed by atoms with Gasteiger partial charge >= 0.3 is 5.97 Å². The van der Waals surface area contributed by atoms with Crippen molar-refractivity contribution in [1.29, 1.82) is 0 Å². The third kappa shape index (κ3) is 9.22. The highest BCUT2D eigenvalue weighted by Gasteiger charge is 2.49. The number of fused-ring (bicyclic) bond motifs is 1. The highest BCUT2D eigenvalue weighted by atomic mass is 16.5. The first-order chi connectivity index (χ1) is 22.9. The van der Waals surface area contributed by atoms with Gasteiger partial charge in [0.2, 0.25) is 5.56 Å². The molecule has 2 fully saturated rings. The summed E-state index contributed by atoms with van der Waals surface area (Å²) in [6, 6.07) is 15.6. The number of aromatic amines is 1. The summed E-state index contributed by atoms with van der Waals surface area (Å²) in [5.41, 5.74) is -0.131. The number of ether oxygens (including phenoxy) is 1. The van der Waals surface area contributed by atoms with Crippen molar-refractivity contribution in [2.75, 3.05) is 39.3 Å². The van der Waals surface area contributed by atoms with Gasteiger partial charge in [0.1, 0.15) is 5.75 Å². The lowest BCUT2D eigenvalue weighted by Crippen LogP contribution is -2.47. The number of hydrogen-bond donors (Lipinski definition) is 5. The fourth-order valence-corrected chi connectivity index (χ4v) is 7.09. The molecule has 5 rings (SSSR count). The number of benzene rings is 2. The number of aromatic hydroxyl groups is 1. The fourth-order valence-electron chi connectivity index (χ4n) is 7.09. The molecule has 9 nitrogen and oxygen atoms in total. The minimum Gasteiger partial charge on any atom is -0.506 e. The molecule has 0 bridgehead atoms. The van der Waals surface area contributed by atoms with E-state index in [4.69, 9.17) is 4.74 Å². The Morgan fingerprint density at radius 3 is 2.34 bits per heavy atom. The first-order valence-electron chi connectivity index (χ1n) is 17.8. The molecule has 1 aliphatic carbocycles. The monoisotopic (exact) mass is 647 g/mol. The van der Waals surface area contributed by atoms with E-state index in [2.05, 4.69) is 15.2 Å². The molecule has 1 aromatic heterocycles. The number of phenols is 1. The lowest BCUT2D eigenvalue weighted by molar-refractivity contribution is -0.180. The number of hydrogen-bond acceptors (Lipinski definition) is 8. The van der Waals surface area contributed by atoms with E-state index >= 15 is 0 Å². The van der Waals surface area contributed by atoms with Crippen LogP contribution in [0.3, 0.4) is 0 Å². The number of carbonyl (C=O) groups is 1. The van der Waals surface area contributed by atoms with E-state index < -0.39 is 17.7 Å². The molecule has 2 atom stereocenters. The molecule has 256 valence electrons. The lowest BCUT2D eigenvalue weighted by Gasteiger charge is -2.40. The molecule has 2 heterocycles. The molecular weight excluding hydrogens is 594 g/mol. The number of nitrogens with zero attached hydrogens (tertiary/aromatic N) is 1. The van der Waals surface area contributed by atoms with Gasteiger partial charge in [-0.1, -0.05) is 74.9 Å². The number of nitrogens with one attached hydrogen (secondary N) is 2. The number of phenolic OH excluding ortho intramolecular Hbond substituents is 1. The molecule has 47 heavy (non-hydrogen) atoms. The quantitative estimate of drug-likeness (QED) is 0.0899. The molecule has 0 amide bonds. The number of esters is 1. The zero-order chi connectivity index (χ0) is 33.1. The summed E-state index contributed by atoms with van der Waals surface area (Å²) < 4.78 is 5.77. The number of aliphatic hydroxyl groups excluding tert-OH is 1. The second-order valence-corrected chi connectivity index (χ2v) is 13.6. The topological polar surface area (TPSA) is 135 Å². The van der Waals surface area contributed by atoms with Gasteiger partial charge in [0.25, 0.3) is 0 Å². The molecule has 0 spiro atoms. The Labute approximate surface area is 278 Å². The average Bonchev–Trinajstić information content (AvgIpc) is 3.06. The number of rotatable bonds is 18. The Hall–Kier alpha value is -3.24. The Kier molecular flexibility index (Phi) is 12.9. The number of unbranched alkanes of at least 4 members (excludes halogenated alkanes) is 6. The molecule has 5 N–H and O–H groups in total. The molecule has 2 aromatic carbocycles. The van der Waals surface area contributed by atoms with Crippen LogP contribution in [-0.4, -0.2) is 70.5 Å². The van der Waals surface area contributed by atoms with Crippen molar-refractivity contribution in [3.8, 4) is 5.75 Å². The maximum atomic E-state index is 13.1. The minimum absolute atomic E-state index is 0.00277.